The second-order valence-electron chi connectivity index (χ2n) is 1.52. The summed E-state index contributed by atoms with van der Waals surface area (Å²) in [6, 6.07) is 7.22. The fourth-order valence-corrected chi connectivity index (χ4v) is 0.611. The lowest BCUT2D eigenvalue weighted by Gasteiger charge is -1.91. The summed E-state index contributed by atoms with van der Waals surface area (Å²) >= 11 is 5.58. The van der Waals surface area contributed by atoms with Gasteiger partial charge in [0.1, 0.15) is 0 Å². The summed E-state index contributed by atoms with van der Waals surface area (Å²) in [5.74, 6) is 0. The fraction of sp³-hybridized carbons (Fsp3) is 0.400. The Hall–Kier alpha value is -0.690. The van der Waals surface area contributed by atoms with Crippen molar-refractivity contribution in [1.29, 1.82) is 0 Å². The highest BCUT2D eigenvalue weighted by molar-refractivity contribution is 6.33. The Balaban J connectivity index is 0. The highest BCUT2D eigenvalue weighted by Crippen LogP contribution is 2.15. The van der Waals surface area contributed by atoms with E-state index in [1.54, 1.807) is 12.1 Å². The predicted octanol–water partition coefficient (Wildman–Crippen LogP) is 3.97. The van der Waals surface area contributed by atoms with Crippen LogP contribution < -0.4 is 5.73 Å². The smallest absolute Gasteiger partial charge is 0.0635 e. The van der Waals surface area contributed by atoms with Crippen LogP contribution in [-0.4, -0.2) is 0 Å². The molecule has 0 aliphatic rings. The number of hydrogen-bond acceptors (Lipinski definition) is 1. The van der Waals surface area contributed by atoms with Gasteiger partial charge in [-0.05, 0) is 12.1 Å². The third-order valence-electron chi connectivity index (χ3n) is 0.905. The maximum Gasteiger partial charge on any atom is 0.0635 e. The Kier molecular flexibility index (Phi) is 11.9. The maximum atomic E-state index is 5.58. The monoisotopic (exact) mass is 187 g/mol. The quantitative estimate of drug-likeness (QED) is 0.611. The second kappa shape index (κ2) is 10.3. The van der Waals surface area contributed by atoms with E-state index in [-0.39, 0.29) is 0 Å². The molecule has 1 aromatic carbocycles. The number of para-hydroxylation sites is 1. The third kappa shape index (κ3) is 6.05. The first kappa shape index (κ1) is 13.9. The SMILES string of the molecule is CC.CC.Nc1ccccc1Cl. The zero-order valence-electron chi connectivity index (χ0n) is 8.26. The molecule has 0 saturated heterocycles. The van der Waals surface area contributed by atoms with Gasteiger partial charge in [0.15, 0.2) is 0 Å². The van der Waals surface area contributed by atoms with Crippen molar-refractivity contribution in [3.8, 4) is 0 Å². The van der Waals surface area contributed by atoms with Gasteiger partial charge in [0.25, 0.3) is 0 Å². The maximum absolute atomic E-state index is 5.58. The van der Waals surface area contributed by atoms with Crippen molar-refractivity contribution in [1.82, 2.24) is 0 Å². The predicted molar refractivity (Wildman–Crippen MR) is 58.6 cm³/mol. The van der Waals surface area contributed by atoms with E-state index in [1.807, 2.05) is 39.8 Å². The van der Waals surface area contributed by atoms with Crippen molar-refractivity contribution in [3.05, 3.63) is 29.3 Å². The van der Waals surface area contributed by atoms with Crippen molar-refractivity contribution >= 4 is 17.3 Å². The molecule has 1 nitrogen and oxygen atoms in total. The topological polar surface area (TPSA) is 26.0 Å². The van der Waals surface area contributed by atoms with Gasteiger partial charge in [-0.25, -0.2) is 0 Å². The number of hydrogen-bond donors (Lipinski definition) is 1. The molecule has 0 aliphatic heterocycles. The molecule has 2 N–H and O–H groups in total. The van der Waals surface area contributed by atoms with Crippen LogP contribution in [-0.2, 0) is 0 Å². The van der Waals surface area contributed by atoms with Crippen molar-refractivity contribution in [3.63, 3.8) is 0 Å². The van der Waals surface area contributed by atoms with Crippen LogP contribution in [0.15, 0.2) is 24.3 Å². The van der Waals surface area contributed by atoms with E-state index in [1.165, 1.54) is 0 Å². The first-order valence-corrected chi connectivity index (χ1v) is 4.68. The molecule has 0 heterocycles. The lowest BCUT2D eigenvalue weighted by molar-refractivity contribution is 1.50. The van der Waals surface area contributed by atoms with E-state index in [0.717, 1.165) is 0 Å². The molecular formula is C10H18ClN. The minimum atomic E-state index is 0.618. The Labute approximate surface area is 80.5 Å². The molecule has 12 heavy (non-hydrogen) atoms. The van der Waals surface area contributed by atoms with E-state index in [0.29, 0.717) is 10.7 Å². The van der Waals surface area contributed by atoms with E-state index < -0.39 is 0 Å². The van der Waals surface area contributed by atoms with Gasteiger partial charge in [0.2, 0.25) is 0 Å². The molecule has 0 aromatic heterocycles. The zero-order chi connectivity index (χ0) is 9.98. The minimum absolute atomic E-state index is 0.618. The van der Waals surface area contributed by atoms with Crippen LogP contribution in [0, 0.1) is 0 Å². The molecule has 2 heteroatoms. The molecule has 0 unspecified atom stereocenters. The largest absolute Gasteiger partial charge is 0.398 e. The van der Waals surface area contributed by atoms with Crippen LogP contribution in [0.2, 0.25) is 5.02 Å². The summed E-state index contributed by atoms with van der Waals surface area (Å²) in [6.07, 6.45) is 0. The molecule has 1 rings (SSSR count). The number of anilines is 1. The summed E-state index contributed by atoms with van der Waals surface area (Å²) in [4.78, 5) is 0. The van der Waals surface area contributed by atoms with Gasteiger partial charge >= 0.3 is 0 Å². The summed E-state index contributed by atoms with van der Waals surface area (Å²) < 4.78 is 0. The number of nitrogens with two attached hydrogens (primary N) is 1. The minimum Gasteiger partial charge on any atom is -0.398 e. The number of rotatable bonds is 0. The molecule has 0 amide bonds. The van der Waals surface area contributed by atoms with Crippen molar-refractivity contribution in [2.45, 2.75) is 27.7 Å². The van der Waals surface area contributed by atoms with E-state index >= 15 is 0 Å². The third-order valence-corrected chi connectivity index (χ3v) is 1.25. The number of nitrogen functional groups attached to an aromatic ring is 1. The molecule has 0 bridgehead atoms. The molecule has 0 atom stereocenters. The van der Waals surface area contributed by atoms with Crippen LogP contribution in [0.3, 0.4) is 0 Å². The normalized spacial score (nSPS) is 7.08. The van der Waals surface area contributed by atoms with Gasteiger partial charge in [-0.1, -0.05) is 51.4 Å². The van der Waals surface area contributed by atoms with Crippen molar-refractivity contribution in [2.75, 3.05) is 5.73 Å². The Bertz CT molecular complexity index is 166. The summed E-state index contributed by atoms with van der Waals surface area (Å²) in [5.41, 5.74) is 6.02. The molecule has 0 saturated carbocycles. The summed E-state index contributed by atoms with van der Waals surface area (Å²) in [6.45, 7) is 8.00. The average molecular weight is 188 g/mol. The number of halogens is 1. The van der Waals surface area contributed by atoms with Crippen molar-refractivity contribution in [2.24, 2.45) is 0 Å². The van der Waals surface area contributed by atoms with E-state index in [2.05, 4.69) is 0 Å². The van der Waals surface area contributed by atoms with Crippen molar-refractivity contribution < 1.29 is 0 Å². The van der Waals surface area contributed by atoms with Crippen LogP contribution in [0.5, 0.6) is 0 Å². The molecular weight excluding hydrogens is 170 g/mol. The van der Waals surface area contributed by atoms with Gasteiger partial charge in [-0.3, -0.25) is 0 Å². The molecule has 70 valence electrons. The molecule has 0 fully saturated rings. The average Bonchev–Trinajstić information content (AvgIpc) is 2.17. The number of benzene rings is 1. The summed E-state index contributed by atoms with van der Waals surface area (Å²) in [7, 11) is 0. The summed E-state index contributed by atoms with van der Waals surface area (Å²) in [5, 5.41) is 0.618. The first-order valence-electron chi connectivity index (χ1n) is 4.31. The lowest BCUT2D eigenvalue weighted by Crippen LogP contribution is -1.82. The molecule has 0 aliphatic carbocycles. The zero-order valence-corrected chi connectivity index (χ0v) is 9.02. The molecule has 0 radical (unpaired) electrons. The van der Waals surface area contributed by atoms with Gasteiger partial charge in [-0.15, -0.1) is 0 Å². The van der Waals surface area contributed by atoms with Gasteiger partial charge in [0, 0.05) is 0 Å². The van der Waals surface area contributed by atoms with Crippen LogP contribution >= 0.6 is 11.6 Å². The molecule has 1 aromatic rings. The van der Waals surface area contributed by atoms with E-state index in [9.17, 15) is 0 Å². The fourth-order valence-electron chi connectivity index (χ4n) is 0.475. The van der Waals surface area contributed by atoms with E-state index in [4.69, 9.17) is 17.3 Å². The highest BCUT2D eigenvalue weighted by atomic mass is 35.5. The lowest BCUT2D eigenvalue weighted by atomic mass is 10.3. The second-order valence-corrected chi connectivity index (χ2v) is 1.93. The first-order chi connectivity index (χ1) is 5.80. The Morgan fingerprint density at radius 3 is 1.67 bits per heavy atom. The standard InChI is InChI=1S/C6H6ClN.2C2H6/c7-5-3-1-2-4-6(5)8;2*1-2/h1-4H,8H2;2*1-2H3. The Morgan fingerprint density at radius 1 is 1.00 bits per heavy atom. The van der Waals surface area contributed by atoms with Gasteiger partial charge in [-0.2, -0.15) is 0 Å². The highest BCUT2D eigenvalue weighted by Gasteiger charge is 1.87. The van der Waals surface area contributed by atoms with Gasteiger partial charge in [0.05, 0.1) is 10.7 Å². The Morgan fingerprint density at radius 2 is 1.42 bits per heavy atom. The van der Waals surface area contributed by atoms with Crippen LogP contribution in [0.25, 0.3) is 0 Å². The van der Waals surface area contributed by atoms with Crippen LogP contribution in [0.4, 0.5) is 5.69 Å². The van der Waals surface area contributed by atoms with Gasteiger partial charge < -0.3 is 5.73 Å². The van der Waals surface area contributed by atoms with Crippen LogP contribution in [0.1, 0.15) is 27.7 Å². The molecule has 0 spiro atoms.